The van der Waals surface area contributed by atoms with Crippen LogP contribution in [0.25, 0.3) is 0 Å². The number of hydrogen-bond donors (Lipinski definition) is 2. The highest BCUT2D eigenvalue weighted by molar-refractivity contribution is 9.10. The van der Waals surface area contributed by atoms with Crippen molar-refractivity contribution in [2.45, 2.75) is 13.3 Å². The Kier molecular flexibility index (Phi) is 5.65. The number of hydrogen-bond acceptors (Lipinski definition) is 3. The van der Waals surface area contributed by atoms with Crippen LogP contribution in [0.2, 0.25) is 5.02 Å². The topological polar surface area (TPSA) is 36.4 Å². The van der Waals surface area contributed by atoms with Crippen LogP contribution in [0.1, 0.15) is 18.9 Å². The third-order valence-electron chi connectivity index (χ3n) is 3.06. The van der Waals surface area contributed by atoms with Crippen molar-refractivity contribution < 1.29 is 0 Å². The molecule has 0 heterocycles. The van der Waals surface area contributed by atoms with Crippen molar-refractivity contribution in [2.24, 2.45) is 5.10 Å². The molecule has 3 nitrogen and oxygen atoms in total. The van der Waals surface area contributed by atoms with Crippen molar-refractivity contribution in [1.82, 2.24) is 0 Å². The van der Waals surface area contributed by atoms with E-state index in [4.69, 9.17) is 11.6 Å². The van der Waals surface area contributed by atoms with Gasteiger partial charge in [-0.3, -0.25) is 5.43 Å². The zero-order valence-corrected chi connectivity index (χ0v) is 14.3. The van der Waals surface area contributed by atoms with Crippen LogP contribution in [0.5, 0.6) is 0 Å². The molecule has 0 amide bonds. The van der Waals surface area contributed by atoms with Gasteiger partial charge in [-0.25, -0.2) is 0 Å². The van der Waals surface area contributed by atoms with Crippen LogP contribution < -0.4 is 10.7 Å². The van der Waals surface area contributed by atoms with E-state index in [1.54, 1.807) is 0 Å². The normalized spacial score (nSPS) is 11.3. The van der Waals surface area contributed by atoms with E-state index in [1.807, 2.05) is 49.5 Å². The standard InChI is InChI=1S/C16H17BrClN3/c1-3-15(14-10-12(18)6-9-16(14)19-2)21-20-13-7-4-11(17)5-8-13/h4-10,19-20H,3H2,1-2H3/b21-15-. The molecule has 0 aliphatic heterocycles. The number of anilines is 2. The summed E-state index contributed by atoms with van der Waals surface area (Å²) in [5, 5.41) is 8.39. The van der Waals surface area contributed by atoms with E-state index in [0.717, 1.165) is 33.5 Å². The minimum absolute atomic E-state index is 0.703. The second-order valence-corrected chi connectivity index (χ2v) is 5.82. The Morgan fingerprint density at radius 2 is 1.90 bits per heavy atom. The molecule has 2 aromatic carbocycles. The van der Waals surface area contributed by atoms with Crippen molar-refractivity contribution in [3.8, 4) is 0 Å². The van der Waals surface area contributed by atoms with E-state index in [-0.39, 0.29) is 0 Å². The number of nitrogens with one attached hydrogen (secondary N) is 2. The lowest BCUT2D eigenvalue weighted by atomic mass is 10.1. The first-order valence-electron chi connectivity index (χ1n) is 6.70. The monoisotopic (exact) mass is 365 g/mol. The highest BCUT2D eigenvalue weighted by Gasteiger charge is 2.08. The van der Waals surface area contributed by atoms with Gasteiger partial charge in [0.15, 0.2) is 0 Å². The molecule has 0 atom stereocenters. The first-order chi connectivity index (χ1) is 10.1. The van der Waals surface area contributed by atoms with Crippen LogP contribution in [0.15, 0.2) is 52.0 Å². The van der Waals surface area contributed by atoms with Crippen LogP contribution in [0.4, 0.5) is 11.4 Å². The quantitative estimate of drug-likeness (QED) is 0.551. The van der Waals surface area contributed by atoms with E-state index in [0.29, 0.717) is 5.02 Å². The molecule has 110 valence electrons. The molecule has 0 aliphatic rings. The summed E-state index contributed by atoms with van der Waals surface area (Å²) in [6.45, 7) is 2.07. The number of nitrogens with zero attached hydrogens (tertiary/aromatic N) is 1. The molecule has 0 unspecified atom stereocenters. The summed E-state index contributed by atoms with van der Waals surface area (Å²) in [6.07, 6.45) is 0.804. The molecular weight excluding hydrogens is 350 g/mol. The van der Waals surface area contributed by atoms with Gasteiger partial charge in [0.1, 0.15) is 0 Å². The van der Waals surface area contributed by atoms with Gasteiger partial charge in [-0.05, 0) is 48.9 Å². The first kappa shape index (κ1) is 15.9. The molecule has 2 aromatic rings. The molecule has 0 aliphatic carbocycles. The Balaban J connectivity index is 2.28. The van der Waals surface area contributed by atoms with Crippen molar-refractivity contribution in [1.29, 1.82) is 0 Å². The number of benzene rings is 2. The van der Waals surface area contributed by atoms with Crippen LogP contribution in [0.3, 0.4) is 0 Å². The molecular formula is C16H17BrClN3. The van der Waals surface area contributed by atoms with Crippen LogP contribution in [-0.2, 0) is 0 Å². The van der Waals surface area contributed by atoms with Crippen molar-refractivity contribution in [3.63, 3.8) is 0 Å². The van der Waals surface area contributed by atoms with E-state index >= 15 is 0 Å². The molecule has 2 N–H and O–H groups in total. The Bertz CT molecular complexity index is 638. The summed E-state index contributed by atoms with van der Waals surface area (Å²) >= 11 is 9.52. The van der Waals surface area contributed by atoms with Gasteiger partial charge in [0, 0.05) is 27.8 Å². The summed E-state index contributed by atoms with van der Waals surface area (Å²) in [5.41, 5.74) is 7.00. The number of rotatable bonds is 5. The fourth-order valence-corrected chi connectivity index (χ4v) is 2.40. The molecule has 2 rings (SSSR count). The minimum Gasteiger partial charge on any atom is -0.388 e. The molecule has 5 heteroatoms. The highest BCUT2D eigenvalue weighted by atomic mass is 79.9. The van der Waals surface area contributed by atoms with Crippen molar-refractivity contribution in [3.05, 3.63) is 57.5 Å². The lowest BCUT2D eigenvalue weighted by Gasteiger charge is -2.11. The zero-order valence-electron chi connectivity index (χ0n) is 12.0. The maximum Gasteiger partial charge on any atom is 0.0697 e. The third-order valence-corrected chi connectivity index (χ3v) is 3.82. The van der Waals surface area contributed by atoms with Crippen molar-refractivity contribution >= 4 is 44.6 Å². The summed E-state index contributed by atoms with van der Waals surface area (Å²) < 4.78 is 1.04. The smallest absolute Gasteiger partial charge is 0.0697 e. The van der Waals surface area contributed by atoms with E-state index < -0.39 is 0 Å². The Hall–Kier alpha value is -1.52. The van der Waals surface area contributed by atoms with E-state index in [9.17, 15) is 0 Å². The lowest BCUT2D eigenvalue weighted by Crippen LogP contribution is -2.07. The number of halogens is 2. The molecule has 0 saturated carbocycles. The second-order valence-electron chi connectivity index (χ2n) is 4.47. The average Bonchev–Trinajstić information content (AvgIpc) is 2.50. The molecule has 0 bridgehead atoms. The molecule has 0 radical (unpaired) electrons. The molecule has 0 spiro atoms. The largest absolute Gasteiger partial charge is 0.388 e. The van der Waals surface area contributed by atoms with Crippen LogP contribution >= 0.6 is 27.5 Å². The van der Waals surface area contributed by atoms with Gasteiger partial charge in [0.05, 0.1) is 11.4 Å². The van der Waals surface area contributed by atoms with Gasteiger partial charge in [-0.1, -0.05) is 34.5 Å². The summed E-state index contributed by atoms with van der Waals surface area (Å²) in [4.78, 5) is 0. The van der Waals surface area contributed by atoms with E-state index in [1.165, 1.54) is 0 Å². The summed E-state index contributed by atoms with van der Waals surface area (Å²) in [5.74, 6) is 0. The number of hydrazone groups is 1. The Morgan fingerprint density at radius 3 is 2.52 bits per heavy atom. The minimum atomic E-state index is 0.703. The van der Waals surface area contributed by atoms with Gasteiger partial charge in [-0.15, -0.1) is 0 Å². The maximum absolute atomic E-state index is 6.10. The van der Waals surface area contributed by atoms with Crippen LogP contribution in [0, 0.1) is 0 Å². The Morgan fingerprint density at radius 1 is 1.19 bits per heavy atom. The average molecular weight is 367 g/mol. The first-order valence-corrected chi connectivity index (χ1v) is 7.87. The molecule has 0 fully saturated rings. The van der Waals surface area contributed by atoms with E-state index in [2.05, 4.69) is 38.7 Å². The maximum atomic E-state index is 6.10. The lowest BCUT2D eigenvalue weighted by molar-refractivity contribution is 1.22. The van der Waals surface area contributed by atoms with Gasteiger partial charge >= 0.3 is 0 Å². The summed E-state index contributed by atoms with van der Waals surface area (Å²) in [7, 11) is 1.89. The molecule has 0 aromatic heterocycles. The fraction of sp³-hybridized carbons (Fsp3) is 0.188. The zero-order chi connectivity index (χ0) is 15.2. The van der Waals surface area contributed by atoms with Gasteiger partial charge in [0.2, 0.25) is 0 Å². The predicted molar refractivity (Wildman–Crippen MR) is 95.6 cm³/mol. The van der Waals surface area contributed by atoms with Gasteiger partial charge in [0.25, 0.3) is 0 Å². The van der Waals surface area contributed by atoms with Crippen molar-refractivity contribution in [2.75, 3.05) is 17.8 Å². The van der Waals surface area contributed by atoms with Gasteiger partial charge in [-0.2, -0.15) is 5.10 Å². The molecule has 21 heavy (non-hydrogen) atoms. The molecule has 0 saturated heterocycles. The van der Waals surface area contributed by atoms with Crippen LogP contribution in [-0.4, -0.2) is 12.8 Å². The predicted octanol–water partition coefficient (Wildman–Crippen LogP) is 5.37. The van der Waals surface area contributed by atoms with Gasteiger partial charge < -0.3 is 5.32 Å². The third kappa shape index (κ3) is 4.22. The SMILES string of the molecule is CC/C(=N/Nc1ccc(Br)cc1)c1cc(Cl)ccc1NC. The highest BCUT2D eigenvalue weighted by Crippen LogP contribution is 2.22. The summed E-state index contributed by atoms with van der Waals surface area (Å²) in [6, 6.07) is 13.6. The Labute approximate surface area is 138 Å². The fourth-order valence-electron chi connectivity index (χ4n) is 1.96. The second kappa shape index (κ2) is 7.48.